The Labute approximate surface area is 152 Å². The van der Waals surface area contributed by atoms with Crippen LogP contribution in [-0.2, 0) is 11.2 Å². The third kappa shape index (κ3) is 5.19. The number of aryl methyl sites for hydroxylation is 2. The van der Waals surface area contributed by atoms with Crippen molar-refractivity contribution in [3.8, 4) is 0 Å². The molecular formula is C20H20Cl2O2. The Hall–Kier alpha value is -1.64. The SMILES string of the molecule is CC(=O)CC(CCc1ccc(Cl)c(Cl)c1)c1cccc(C)c(=O)c1. The fraction of sp³-hybridized carbons (Fsp3) is 0.300. The lowest BCUT2D eigenvalue weighted by Gasteiger charge is -2.15. The molecule has 2 aromatic carbocycles. The van der Waals surface area contributed by atoms with Crippen molar-refractivity contribution >= 4 is 29.0 Å². The molecule has 0 fully saturated rings. The van der Waals surface area contributed by atoms with E-state index >= 15 is 0 Å². The van der Waals surface area contributed by atoms with Gasteiger partial charge in [0.05, 0.1) is 10.0 Å². The molecule has 0 heterocycles. The molecule has 0 N–H and O–H groups in total. The van der Waals surface area contributed by atoms with Gasteiger partial charge < -0.3 is 4.79 Å². The summed E-state index contributed by atoms with van der Waals surface area (Å²) < 4.78 is 0. The van der Waals surface area contributed by atoms with E-state index in [1.165, 1.54) is 0 Å². The summed E-state index contributed by atoms with van der Waals surface area (Å²) >= 11 is 12.0. The van der Waals surface area contributed by atoms with Crippen molar-refractivity contribution in [2.45, 2.75) is 39.0 Å². The zero-order valence-electron chi connectivity index (χ0n) is 13.8. The highest BCUT2D eigenvalue weighted by Crippen LogP contribution is 2.27. The number of carbonyl (C=O) groups excluding carboxylic acids is 1. The van der Waals surface area contributed by atoms with Crippen molar-refractivity contribution in [3.63, 3.8) is 0 Å². The molecule has 0 saturated heterocycles. The van der Waals surface area contributed by atoms with E-state index in [1.807, 2.05) is 24.3 Å². The Morgan fingerprint density at radius 3 is 2.50 bits per heavy atom. The molecule has 1 unspecified atom stereocenters. The molecule has 0 spiro atoms. The zero-order valence-corrected chi connectivity index (χ0v) is 15.3. The van der Waals surface area contributed by atoms with Gasteiger partial charge >= 0.3 is 0 Å². The second-order valence-corrected chi connectivity index (χ2v) is 6.92. The van der Waals surface area contributed by atoms with Crippen molar-refractivity contribution < 1.29 is 4.79 Å². The minimum atomic E-state index is -0.00177. The molecule has 0 radical (unpaired) electrons. The van der Waals surface area contributed by atoms with Crippen LogP contribution in [0.15, 0.2) is 47.3 Å². The molecule has 0 bridgehead atoms. The van der Waals surface area contributed by atoms with Crippen LogP contribution in [0.2, 0.25) is 10.0 Å². The summed E-state index contributed by atoms with van der Waals surface area (Å²) in [7, 11) is 0. The molecule has 0 aliphatic heterocycles. The Bertz CT molecular complexity index is 800. The van der Waals surface area contributed by atoms with Crippen LogP contribution < -0.4 is 5.43 Å². The minimum absolute atomic E-state index is 0.00177. The number of carbonyl (C=O) groups is 1. The molecule has 0 aliphatic carbocycles. The van der Waals surface area contributed by atoms with E-state index in [-0.39, 0.29) is 17.1 Å². The van der Waals surface area contributed by atoms with E-state index in [0.29, 0.717) is 22.0 Å². The smallest absolute Gasteiger partial charge is 0.181 e. The molecule has 24 heavy (non-hydrogen) atoms. The van der Waals surface area contributed by atoms with Gasteiger partial charge in [-0.15, -0.1) is 0 Å². The van der Waals surface area contributed by atoms with Gasteiger partial charge in [-0.1, -0.05) is 47.5 Å². The molecule has 0 aliphatic rings. The van der Waals surface area contributed by atoms with Crippen molar-refractivity contribution in [3.05, 3.63) is 79.4 Å². The first-order valence-electron chi connectivity index (χ1n) is 7.91. The summed E-state index contributed by atoms with van der Waals surface area (Å²) in [6.45, 7) is 3.38. The largest absolute Gasteiger partial charge is 0.300 e. The quantitative estimate of drug-likeness (QED) is 0.693. The van der Waals surface area contributed by atoms with Crippen LogP contribution in [0.3, 0.4) is 0 Å². The van der Waals surface area contributed by atoms with Gasteiger partial charge in [-0.05, 0) is 67.5 Å². The average Bonchev–Trinajstić information content (AvgIpc) is 2.68. The van der Waals surface area contributed by atoms with Gasteiger partial charge in [-0.3, -0.25) is 4.79 Å². The van der Waals surface area contributed by atoms with Crippen molar-refractivity contribution in [1.29, 1.82) is 0 Å². The van der Waals surface area contributed by atoms with Gasteiger partial charge in [-0.25, -0.2) is 0 Å². The Morgan fingerprint density at radius 2 is 1.83 bits per heavy atom. The number of ketones is 1. The lowest BCUT2D eigenvalue weighted by atomic mass is 9.89. The second-order valence-electron chi connectivity index (χ2n) is 6.11. The predicted molar refractivity (Wildman–Crippen MR) is 100 cm³/mol. The van der Waals surface area contributed by atoms with E-state index in [9.17, 15) is 9.59 Å². The molecule has 0 aromatic heterocycles. The predicted octanol–water partition coefficient (Wildman–Crippen LogP) is 5.36. The molecule has 0 saturated carbocycles. The highest BCUT2D eigenvalue weighted by atomic mass is 35.5. The van der Waals surface area contributed by atoms with Gasteiger partial charge in [0, 0.05) is 6.42 Å². The summed E-state index contributed by atoms with van der Waals surface area (Å²) in [6, 6.07) is 12.8. The number of halogens is 2. The Morgan fingerprint density at radius 1 is 1.08 bits per heavy atom. The first-order valence-corrected chi connectivity index (χ1v) is 8.66. The fourth-order valence-corrected chi connectivity index (χ4v) is 3.04. The monoisotopic (exact) mass is 362 g/mol. The molecule has 2 aromatic rings. The number of hydrogen-bond acceptors (Lipinski definition) is 2. The molecule has 2 rings (SSSR count). The maximum atomic E-state index is 12.1. The topological polar surface area (TPSA) is 34.1 Å². The third-order valence-corrected chi connectivity index (χ3v) is 4.83. The highest BCUT2D eigenvalue weighted by Gasteiger charge is 2.15. The lowest BCUT2D eigenvalue weighted by Crippen LogP contribution is -2.08. The number of hydrogen-bond donors (Lipinski definition) is 0. The van der Waals surface area contributed by atoms with Gasteiger partial charge in [0.1, 0.15) is 5.78 Å². The minimum Gasteiger partial charge on any atom is -0.300 e. The third-order valence-electron chi connectivity index (χ3n) is 4.09. The second kappa shape index (κ2) is 8.46. The summed E-state index contributed by atoms with van der Waals surface area (Å²) in [6.07, 6.45) is 1.95. The Balaban J connectivity index is 2.24. The van der Waals surface area contributed by atoms with Crippen LogP contribution >= 0.6 is 23.2 Å². The summed E-state index contributed by atoms with van der Waals surface area (Å²) in [5, 5.41) is 1.06. The van der Waals surface area contributed by atoms with Gasteiger partial charge in [0.15, 0.2) is 5.43 Å². The normalized spacial score (nSPS) is 12.0. The number of rotatable bonds is 6. The van der Waals surface area contributed by atoms with Crippen molar-refractivity contribution in [1.82, 2.24) is 0 Å². The molecule has 0 amide bonds. The molecule has 1 atom stereocenters. The zero-order chi connectivity index (χ0) is 17.7. The van der Waals surface area contributed by atoms with E-state index in [4.69, 9.17) is 23.2 Å². The number of benzene rings is 1. The van der Waals surface area contributed by atoms with Crippen LogP contribution in [0, 0.1) is 6.92 Å². The molecular weight excluding hydrogens is 343 g/mol. The van der Waals surface area contributed by atoms with Crippen LogP contribution in [-0.4, -0.2) is 5.78 Å². The molecule has 4 heteroatoms. The van der Waals surface area contributed by atoms with Crippen molar-refractivity contribution in [2.75, 3.05) is 0 Å². The first-order chi connectivity index (χ1) is 11.4. The average molecular weight is 363 g/mol. The van der Waals surface area contributed by atoms with Crippen LogP contribution in [0.5, 0.6) is 0 Å². The van der Waals surface area contributed by atoms with Crippen molar-refractivity contribution in [2.24, 2.45) is 0 Å². The maximum absolute atomic E-state index is 12.1. The first kappa shape index (κ1) is 18.7. The fourth-order valence-electron chi connectivity index (χ4n) is 2.72. The van der Waals surface area contributed by atoms with Gasteiger partial charge in [0.2, 0.25) is 0 Å². The Kier molecular flexibility index (Phi) is 6.59. The summed E-state index contributed by atoms with van der Waals surface area (Å²) in [5.41, 5.74) is 2.67. The van der Waals surface area contributed by atoms with Crippen LogP contribution in [0.25, 0.3) is 0 Å². The maximum Gasteiger partial charge on any atom is 0.181 e. The lowest BCUT2D eigenvalue weighted by molar-refractivity contribution is -0.117. The molecule has 2 nitrogen and oxygen atoms in total. The standard InChI is InChI=1S/C20H20Cl2O2/c1-13-4-3-5-16(12-20(13)24)17(10-14(2)23)8-6-15-7-9-18(21)19(22)11-15/h3-5,7,9,11-12,17H,6,8,10H2,1-2H3. The number of Topliss-reactive ketones (excluding diaryl/α,β-unsaturated/α-hetero) is 1. The van der Waals surface area contributed by atoms with Crippen LogP contribution in [0.1, 0.15) is 42.4 Å². The van der Waals surface area contributed by atoms with E-state index < -0.39 is 0 Å². The van der Waals surface area contributed by atoms with E-state index in [1.54, 1.807) is 32.0 Å². The summed E-state index contributed by atoms with van der Waals surface area (Å²) in [5.74, 6) is 0.126. The van der Waals surface area contributed by atoms with E-state index in [0.717, 1.165) is 24.0 Å². The molecule has 126 valence electrons. The van der Waals surface area contributed by atoms with Gasteiger partial charge in [0.25, 0.3) is 0 Å². The van der Waals surface area contributed by atoms with Crippen LogP contribution in [0.4, 0.5) is 0 Å². The van der Waals surface area contributed by atoms with Gasteiger partial charge in [-0.2, -0.15) is 0 Å². The summed E-state index contributed by atoms with van der Waals surface area (Å²) in [4.78, 5) is 23.7. The highest BCUT2D eigenvalue weighted by molar-refractivity contribution is 6.42. The van der Waals surface area contributed by atoms with E-state index in [2.05, 4.69) is 0 Å².